The van der Waals surface area contributed by atoms with E-state index in [2.05, 4.69) is 20.8 Å². The van der Waals surface area contributed by atoms with Crippen molar-refractivity contribution in [2.75, 3.05) is 19.7 Å². The maximum absolute atomic E-state index is 9.18. The number of rotatable bonds is 14. The van der Waals surface area contributed by atoms with Crippen molar-refractivity contribution in [2.24, 2.45) is 11.3 Å². The van der Waals surface area contributed by atoms with Gasteiger partial charge in [0.15, 0.2) is 0 Å². The molecule has 0 aromatic rings. The number of nitrogens with two attached hydrogens (primary N) is 1. The van der Waals surface area contributed by atoms with E-state index < -0.39 is 0 Å². The molecule has 20 heavy (non-hydrogen) atoms. The molecule has 0 unspecified atom stereocenters. The Labute approximate surface area is 126 Å². The summed E-state index contributed by atoms with van der Waals surface area (Å²) in [6, 6.07) is 0. The monoisotopic (exact) mass is 286 g/mol. The fourth-order valence-electron chi connectivity index (χ4n) is 2.38. The summed E-state index contributed by atoms with van der Waals surface area (Å²) in [5, 5.41) is 11.2. The molecule has 0 saturated carbocycles. The Bertz CT molecular complexity index is 207. The second-order valence-corrected chi connectivity index (χ2v) is 6.94. The number of hydrazine groups is 1. The molecule has 0 saturated heterocycles. The summed E-state index contributed by atoms with van der Waals surface area (Å²) in [6.45, 7) is 8.87. The van der Waals surface area contributed by atoms with Gasteiger partial charge in [0.25, 0.3) is 0 Å². The number of unbranched alkanes of at least 4 members (excludes halogenated alkanes) is 7. The first-order chi connectivity index (χ1) is 9.52. The van der Waals surface area contributed by atoms with E-state index in [1.165, 1.54) is 57.8 Å². The van der Waals surface area contributed by atoms with Gasteiger partial charge in [0.1, 0.15) is 0 Å². The highest BCUT2D eigenvalue weighted by Crippen LogP contribution is 2.22. The molecule has 3 N–H and O–H groups in total. The highest BCUT2D eigenvalue weighted by molar-refractivity contribution is 4.66. The highest BCUT2D eigenvalue weighted by atomic mass is 16.3. The molecule has 122 valence electrons. The van der Waals surface area contributed by atoms with Crippen LogP contribution in [-0.4, -0.2) is 29.8 Å². The molecule has 0 fully saturated rings. The summed E-state index contributed by atoms with van der Waals surface area (Å²) in [5.41, 5.74) is 0.0956. The molecule has 0 aliphatic heterocycles. The van der Waals surface area contributed by atoms with Gasteiger partial charge in [-0.3, -0.25) is 5.84 Å². The van der Waals surface area contributed by atoms with Crippen LogP contribution >= 0.6 is 0 Å². The van der Waals surface area contributed by atoms with Crippen molar-refractivity contribution in [1.82, 2.24) is 5.01 Å². The number of nitrogens with zero attached hydrogens (tertiary/aromatic N) is 1. The van der Waals surface area contributed by atoms with Crippen LogP contribution in [0.2, 0.25) is 0 Å². The molecule has 0 atom stereocenters. The summed E-state index contributed by atoms with van der Waals surface area (Å²) in [4.78, 5) is 0. The Morgan fingerprint density at radius 1 is 0.850 bits per heavy atom. The van der Waals surface area contributed by atoms with Crippen LogP contribution in [0.3, 0.4) is 0 Å². The third-order valence-corrected chi connectivity index (χ3v) is 4.03. The lowest BCUT2D eigenvalue weighted by molar-refractivity contribution is 0.147. The van der Waals surface area contributed by atoms with Gasteiger partial charge in [-0.15, -0.1) is 0 Å². The normalized spacial score (nSPS) is 12.3. The molecule has 3 heteroatoms. The van der Waals surface area contributed by atoms with E-state index in [1.54, 1.807) is 0 Å². The maximum atomic E-state index is 9.18. The van der Waals surface area contributed by atoms with E-state index in [9.17, 15) is 5.11 Å². The minimum Gasteiger partial charge on any atom is -0.396 e. The van der Waals surface area contributed by atoms with Crippen molar-refractivity contribution in [3.8, 4) is 0 Å². The highest BCUT2D eigenvalue weighted by Gasteiger charge is 2.15. The quantitative estimate of drug-likeness (QED) is 0.287. The third kappa shape index (κ3) is 12.9. The standard InChI is InChI=1S/C17H38N2O/c1-4-5-6-8-11-14-19(18)15-12-9-7-10-13-17(2,3)16-20/h20H,4-16,18H2,1-3H3. The molecule has 0 spiro atoms. The van der Waals surface area contributed by atoms with Crippen LogP contribution in [0.1, 0.15) is 85.0 Å². The molecule has 0 heterocycles. The SMILES string of the molecule is CCCCCCCN(N)CCCCCCC(C)(C)CO. The molecular formula is C17H38N2O. The van der Waals surface area contributed by atoms with E-state index in [-0.39, 0.29) is 5.41 Å². The average Bonchev–Trinajstić information content (AvgIpc) is 2.42. The van der Waals surface area contributed by atoms with Crippen LogP contribution < -0.4 is 5.84 Å². The minimum atomic E-state index is 0.0956. The molecule has 3 nitrogen and oxygen atoms in total. The van der Waals surface area contributed by atoms with Gasteiger partial charge in [-0.25, -0.2) is 5.01 Å². The van der Waals surface area contributed by atoms with Crippen LogP contribution in [0.15, 0.2) is 0 Å². The third-order valence-electron chi connectivity index (χ3n) is 4.03. The Hall–Kier alpha value is -0.120. The zero-order chi connectivity index (χ0) is 15.3. The van der Waals surface area contributed by atoms with Crippen molar-refractivity contribution < 1.29 is 5.11 Å². The molecule has 0 amide bonds. The van der Waals surface area contributed by atoms with Crippen LogP contribution in [0.5, 0.6) is 0 Å². The first kappa shape index (κ1) is 19.9. The molecular weight excluding hydrogens is 248 g/mol. The second kappa shape index (κ2) is 12.6. The minimum absolute atomic E-state index is 0.0956. The Morgan fingerprint density at radius 3 is 1.85 bits per heavy atom. The van der Waals surface area contributed by atoms with Crippen molar-refractivity contribution >= 4 is 0 Å². The zero-order valence-electron chi connectivity index (χ0n) is 14.2. The van der Waals surface area contributed by atoms with E-state index in [0.29, 0.717) is 6.61 Å². The van der Waals surface area contributed by atoms with E-state index in [4.69, 9.17) is 5.84 Å². The Kier molecular flexibility index (Phi) is 12.5. The van der Waals surface area contributed by atoms with Gasteiger partial charge in [-0.1, -0.05) is 65.7 Å². The topological polar surface area (TPSA) is 49.5 Å². The average molecular weight is 287 g/mol. The maximum Gasteiger partial charge on any atom is 0.0482 e. The number of hydrogen-bond acceptors (Lipinski definition) is 3. The summed E-state index contributed by atoms with van der Waals surface area (Å²) in [7, 11) is 0. The van der Waals surface area contributed by atoms with Gasteiger partial charge < -0.3 is 5.11 Å². The smallest absolute Gasteiger partial charge is 0.0482 e. The molecule has 0 aliphatic rings. The lowest BCUT2D eigenvalue weighted by Crippen LogP contribution is -2.32. The molecule has 0 rings (SSSR count). The predicted octanol–water partition coefficient (Wildman–Crippen LogP) is 4.10. The first-order valence-electron chi connectivity index (χ1n) is 8.62. The van der Waals surface area contributed by atoms with E-state index in [0.717, 1.165) is 19.5 Å². The van der Waals surface area contributed by atoms with Crippen LogP contribution in [0.4, 0.5) is 0 Å². The molecule has 0 aromatic carbocycles. The van der Waals surface area contributed by atoms with Crippen molar-refractivity contribution in [3.05, 3.63) is 0 Å². The second-order valence-electron chi connectivity index (χ2n) is 6.94. The molecule has 0 radical (unpaired) electrons. The van der Waals surface area contributed by atoms with E-state index in [1.807, 2.05) is 5.01 Å². The molecule has 0 aromatic heterocycles. The lowest BCUT2D eigenvalue weighted by atomic mass is 9.88. The number of aliphatic hydroxyl groups excluding tert-OH is 1. The van der Waals surface area contributed by atoms with Crippen LogP contribution in [0.25, 0.3) is 0 Å². The van der Waals surface area contributed by atoms with Crippen molar-refractivity contribution in [3.63, 3.8) is 0 Å². The first-order valence-corrected chi connectivity index (χ1v) is 8.62. The predicted molar refractivity (Wildman–Crippen MR) is 88.5 cm³/mol. The fourth-order valence-corrected chi connectivity index (χ4v) is 2.38. The largest absolute Gasteiger partial charge is 0.396 e. The summed E-state index contributed by atoms with van der Waals surface area (Å²) >= 11 is 0. The van der Waals surface area contributed by atoms with Gasteiger partial charge >= 0.3 is 0 Å². The number of aliphatic hydroxyl groups is 1. The van der Waals surface area contributed by atoms with Crippen LogP contribution in [0, 0.1) is 5.41 Å². The van der Waals surface area contributed by atoms with Gasteiger partial charge in [0.05, 0.1) is 0 Å². The molecule has 0 aliphatic carbocycles. The summed E-state index contributed by atoms with van der Waals surface area (Å²) < 4.78 is 0. The lowest BCUT2D eigenvalue weighted by Gasteiger charge is -2.21. The van der Waals surface area contributed by atoms with Crippen molar-refractivity contribution in [2.45, 2.75) is 85.0 Å². The van der Waals surface area contributed by atoms with Gasteiger partial charge in [0.2, 0.25) is 0 Å². The van der Waals surface area contributed by atoms with Gasteiger partial charge in [-0.05, 0) is 24.7 Å². The molecule has 0 bridgehead atoms. The zero-order valence-corrected chi connectivity index (χ0v) is 14.2. The Balaban J connectivity index is 3.29. The summed E-state index contributed by atoms with van der Waals surface area (Å²) in [6.07, 6.45) is 12.6. The van der Waals surface area contributed by atoms with E-state index >= 15 is 0 Å². The fraction of sp³-hybridized carbons (Fsp3) is 1.00. The number of hydrogen-bond donors (Lipinski definition) is 2. The van der Waals surface area contributed by atoms with Gasteiger partial charge in [0, 0.05) is 19.7 Å². The van der Waals surface area contributed by atoms with Crippen LogP contribution in [-0.2, 0) is 0 Å². The Morgan fingerprint density at radius 2 is 1.35 bits per heavy atom. The van der Waals surface area contributed by atoms with Gasteiger partial charge in [-0.2, -0.15) is 0 Å². The summed E-state index contributed by atoms with van der Waals surface area (Å²) in [5.74, 6) is 5.99. The van der Waals surface area contributed by atoms with Crippen molar-refractivity contribution in [1.29, 1.82) is 0 Å².